The summed E-state index contributed by atoms with van der Waals surface area (Å²) in [5.74, 6) is -0.508. The van der Waals surface area contributed by atoms with Gasteiger partial charge in [-0.05, 0) is 17.7 Å². The SMILES string of the molecule is O=C(CNC(=O)c1ccccc1)NCc1csc(Cc2ccccc2)n1. The predicted octanol–water partition coefficient (Wildman–Crippen LogP) is 2.78. The molecule has 6 heteroatoms. The standard InChI is InChI=1S/C20H19N3O2S/c24-18(13-22-20(25)16-9-5-2-6-10-16)21-12-17-14-26-19(23-17)11-15-7-3-1-4-8-15/h1-10,14H,11-13H2,(H,21,24)(H,22,25). The molecule has 0 aliphatic carbocycles. The first-order valence-electron chi connectivity index (χ1n) is 8.28. The van der Waals surface area contributed by atoms with Gasteiger partial charge >= 0.3 is 0 Å². The smallest absolute Gasteiger partial charge is 0.251 e. The number of hydrogen-bond acceptors (Lipinski definition) is 4. The van der Waals surface area contributed by atoms with Crippen molar-refractivity contribution in [3.8, 4) is 0 Å². The van der Waals surface area contributed by atoms with E-state index in [4.69, 9.17) is 0 Å². The summed E-state index contributed by atoms with van der Waals surface area (Å²) < 4.78 is 0. The van der Waals surface area contributed by atoms with E-state index in [1.165, 1.54) is 5.56 Å². The van der Waals surface area contributed by atoms with Crippen LogP contribution in [-0.4, -0.2) is 23.3 Å². The Morgan fingerprint density at radius 1 is 0.923 bits per heavy atom. The van der Waals surface area contributed by atoms with Crippen LogP contribution in [0.25, 0.3) is 0 Å². The predicted molar refractivity (Wildman–Crippen MR) is 102 cm³/mol. The first-order valence-corrected chi connectivity index (χ1v) is 9.16. The van der Waals surface area contributed by atoms with Gasteiger partial charge in [0.2, 0.25) is 5.91 Å². The van der Waals surface area contributed by atoms with Crippen LogP contribution in [0.1, 0.15) is 26.6 Å². The minimum Gasteiger partial charge on any atom is -0.349 e. The van der Waals surface area contributed by atoms with Crippen LogP contribution in [0.5, 0.6) is 0 Å². The second-order valence-electron chi connectivity index (χ2n) is 5.72. The van der Waals surface area contributed by atoms with E-state index < -0.39 is 0 Å². The molecule has 5 nitrogen and oxygen atoms in total. The quantitative estimate of drug-likeness (QED) is 0.676. The molecule has 0 spiro atoms. The van der Waals surface area contributed by atoms with E-state index in [0.29, 0.717) is 12.1 Å². The van der Waals surface area contributed by atoms with E-state index in [-0.39, 0.29) is 18.4 Å². The Hall–Kier alpha value is -2.99. The maximum absolute atomic E-state index is 11.9. The van der Waals surface area contributed by atoms with Gasteiger partial charge in [-0.3, -0.25) is 9.59 Å². The van der Waals surface area contributed by atoms with E-state index >= 15 is 0 Å². The van der Waals surface area contributed by atoms with E-state index in [2.05, 4.69) is 27.8 Å². The molecule has 0 saturated carbocycles. The van der Waals surface area contributed by atoms with Gasteiger partial charge < -0.3 is 10.6 Å². The third-order valence-electron chi connectivity index (χ3n) is 3.71. The highest BCUT2D eigenvalue weighted by molar-refractivity contribution is 7.09. The normalized spacial score (nSPS) is 10.3. The van der Waals surface area contributed by atoms with Crippen molar-refractivity contribution in [3.63, 3.8) is 0 Å². The molecule has 2 aromatic carbocycles. The molecule has 26 heavy (non-hydrogen) atoms. The average Bonchev–Trinajstić information content (AvgIpc) is 3.13. The molecule has 1 heterocycles. The fourth-order valence-corrected chi connectivity index (χ4v) is 3.21. The second-order valence-corrected chi connectivity index (χ2v) is 6.66. The molecule has 0 atom stereocenters. The van der Waals surface area contributed by atoms with Gasteiger partial charge in [0.25, 0.3) is 5.91 Å². The summed E-state index contributed by atoms with van der Waals surface area (Å²) in [6.45, 7) is 0.292. The van der Waals surface area contributed by atoms with Crippen LogP contribution in [0.2, 0.25) is 0 Å². The number of rotatable bonds is 7. The largest absolute Gasteiger partial charge is 0.349 e. The summed E-state index contributed by atoms with van der Waals surface area (Å²) in [6.07, 6.45) is 0.784. The Labute approximate surface area is 156 Å². The number of nitrogens with zero attached hydrogens (tertiary/aromatic N) is 1. The fraction of sp³-hybridized carbons (Fsp3) is 0.150. The number of aromatic nitrogens is 1. The second kappa shape index (κ2) is 8.92. The molecule has 0 bridgehead atoms. The third kappa shape index (κ3) is 5.26. The summed E-state index contributed by atoms with van der Waals surface area (Å²) in [6, 6.07) is 19.0. The minimum atomic E-state index is -0.264. The van der Waals surface area contributed by atoms with Crippen molar-refractivity contribution in [2.75, 3.05) is 6.54 Å². The highest BCUT2D eigenvalue weighted by Gasteiger charge is 2.08. The van der Waals surface area contributed by atoms with Gasteiger partial charge in [-0.1, -0.05) is 48.5 Å². The molecule has 0 saturated heterocycles. The van der Waals surface area contributed by atoms with Crippen LogP contribution in [0.15, 0.2) is 66.0 Å². The van der Waals surface area contributed by atoms with Gasteiger partial charge in [0.1, 0.15) is 0 Å². The molecule has 3 aromatic rings. The molecular formula is C20H19N3O2S. The van der Waals surface area contributed by atoms with Gasteiger partial charge in [0, 0.05) is 17.4 Å². The zero-order chi connectivity index (χ0) is 18.2. The molecular weight excluding hydrogens is 346 g/mol. The number of hydrogen-bond donors (Lipinski definition) is 2. The lowest BCUT2D eigenvalue weighted by atomic mass is 10.2. The number of thiazole rings is 1. The molecule has 0 radical (unpaired) electrons. The van der Waals surface area contributed by atoms with Crippen molar-refractivity contribution >= 4 is 23.2 Å². The van der Waals surface area contributed by atoms with Crippen LogP contribution in [0, 0.1) is 0 Å². The molecule has 1 aromatic heterocycles. The number of carbonyl (C=O) groups excluding carboxylic acids is 2. The number of amides is 2. The molecule has 132 valence electrons. The van der Waals surface area contributed by atoms with Crippen molar-refractivity contribution in [1.82, 2.24) is 15.6 Å². The van der Waals surface area contributed by atoms with Gasteiger partial charge in [0.15, 0.2) is 0 Å². The molecule has 0 aliphatic rings. The van der Waals surface area contributed by atoms with Gasteiger partial charge in [0.05, 0.1) is 23.8 Å². The van der Waals surface area contributed by atoms with Crippen molar-refractivity contribution in [2.45, 2.75) is 13.0 Å². The Bertz CT molecular complexity index is 863. The first kappa shape index (κ1) is 17.8. The van der Waals surface area contributed by atoms with Crippen LogP contribution in [0.3, 0.4) is 0 Å². The Balaban J connectivity index is 1.43. The maximum atomic E-state index is 11.9. The van der Waals surface area contributed by atoms with E-state index in [0.717, 1.165) is 17.1 Å². The molecule has 0 unspecified atom stereocenters. The van der Waals surface area contributed by atoms with E-state index in [9.17, 15) is 9.59 Å². The minimum absolute atomic E-state index is 0.0608. The number of nitrogens with one attached hydrogen (secondary N) is 2. The van der Waals surface area contributed by atoms with Crippen molar-refractivity contribution in [2.24, 2.45) is 0 Å². The molecule has 2 amide bonds. The maximum Gasteiger partial charge on any atom is 0.251 e. The highest BCUT2D eigenvalue weighted by Crippen LogP contribution is 2.14. The van der Waals surface area contributed by atoms with Crippen LogP contribution in [-0.2, 0) is 17.8 Å². The lowest BCUT2D eigenvalue weighted by molar-refractivity contribution is -0.120. The van der Waals surface area contributed by atoms with Gasteiger partial charge in [-0.2, -0.15) is 0 Å². The van der Waals surface area contributed by atoms with Crippen molar-refractivity contribution < 1.29 is 9.59 Å². The zero-order valence-corrected chi connectivity index (χ0v) is 15.0. The number of benzene rings is 2. The Kier molecular flexibility index (Phi) is 6.11. The summed E-state index contributed by atoms with van der Waals surface area (Å²) in [5, 5.41) is 8.33. The lowest BCUT2D eigenvalue weighted by Crippen LogP contribution is -2.36. The fourth-order valence-electron chi connectivity index (χ4n) is 2.39. The van der Waals surface area contributed by atoms with E-state index in [1.807, 2.05) is 29.6 Å². The topological polar surface area (TPSA) is 71.1 Å². The van der Waals surface area contributed by atoms with Crippen LogP contribution in [0.4, 0.5) is 0 Å². The highest BCUT2D eigenvalue weighted by atomic mass is 32.1. The monoisotopic (exact) mass is 365 g/mol. The zero-order valence-electron chi connectivity index (χ0n) is 14.1. The van der Waals surface area contributed by atoms with Crippen LogP contribution < -0.4 is 10.6 Å². The van der Waals surface area contributed by atoms with E-state index in [1.54, 1.807) is 35.6 Å². The lowest BCUT2D eigenvalue weighted by Gasteiger charge is -2.06. The average molecular weight is 365 g/mol. The molecule has 2 N–H and O–H groups in total. The van der Waals surface area contributed by atoms with Gasteiger partial charge in [-0.15, -0.1) is 11.3 Å². The summed E-state index contributed by atoms with van der Waals surface area (Å²) in [5.41, 5.74) is 2.56. The third-order valence-corrected chi connectivity index (χ3v) is 4.61. The summed E-state index contributed by atoms with van der Waals surface area (Å²) >= 11 is 1.58. The summed E-state index contributed by atoms with van der Waals surface area (Å²) in [7, 11) is 0. The Morgan fingerprint density at radius 2 is 1.62 bits per heavy atom. The summed E-state index contributed by atoms with van der Waals surface area (Å²) in [4.78, 5) is 28.3. The van der Waals surface area contributed by atoms with Crippen molar-refractivity contribution in [3.05, 3.63) is 87.9 Å². The molecule has 0 fully saturated rings. The van der Waals surface area contributed by atoms with Crippen LogP contribution >= 0.6 is 11.3 Å². The van der Waals surface area contributed by atoms with Crippen molar-refractivity contribution in [1.29, 1.82) is 0 Å². The molecule has 0 aliphatic heterocycles. The Morgan fingerprint density at radius 3 is 2.35 bits per heavy atom. The van der Waals surface area contributed by atoms with Gasteiger partial charge in [-0.25, -0.2) is 4.98 Å². The first-order chi connectivity index (χ1) is 12.7. The molecule has 3 rings (SSSR count). The number of carbonyl (C=O) groups is 2.